The Labute approximate surface area is 139 Å². The molecule has 2 atom stereocenters. The molecule has 3 N–H and O–H groups in total. The van der Waals surface area contributed by atoms with E-state index in [1.807, 2.05) is 26.0 Å². The number of carbonyl (C=O) groups excluding carboxylic acids is 1. The fourth-order valence-electron chi connectivity index (χ4n) is 2.96. The minimum absolute atomic E-state index is 0. The molecule has 0 radical (unpaired) electrons. The van der Waals surface area contributed by atoms with Gasteiger partial charge in [-0.05, 0) is 37.5 Å². The number of amides is 1. The molecule has 1 aromatic carbocycles. The Kier molecular flexibility index (Phi) is 6.69. The number of methoxy groups -OCH3 is 1. The molecule has 1 saturated carbocycles. The van der Waals surface area contributed by atoms with Crippen LogP contribution in [-0.2, 0) is 10.3 Å². The average Bonchev–Trinajstić information content (AvgIpc) is 2.96. The van der Waals surface area contributed by atoms with Gasteiger partial charge in [0.25, 0.3) is 0 Å². The lowest BCUT2D eigenvalue weighted by Gasteiger charge is -2.33. The molecule has 0 saturated heterocycles. The Hall–Kier alpha value is -1.26. The summed E-state index contributed by atoms with van der Waals surface area (Å²) in [5.74, 6) is 0.700. The quantitative estimate of drug-likeness (QED) is 0.874. The maximum Gasteiger partial charge on any atom is 0.225 e. The minimum atomic E-state index is -0.244. The van der Waals surface area contributed by atoms with Gasteiger partial charge >= 0.3 is 0 Å². The summed E-state index contributed by atoms with van der Waals surface area (Å²) in [6.45, 7) is 3.76. The zero-order valence-corrected chi connectivity index (χ0v) is 14.4. The van der Waals surface area contributed by atoms with Gasteiger partial charge in [-0.3, -0.25) is 4.79 Å². The molecule has 0 heterocycles. The van der Waals surface area contributed by atoms with E-state index in [0.29, 0.717) is 0 Å². The smallest absolute Gasteiger partial charge is 0.225 e. The molecule has 1 fully saturated rings. The van der Waals surface area contributed by atoms with Crippen LogP contribution in [-0.4, -0.2) is 19.1 Å². The van der Waals surface area contributed by atoms with Gasteiger partial charge < -0.3 is 15.8 Å². The van der Waals surface area contributed by atoms with Gasteiger partial charge in [-0.25, -0.2) is 0 Å². The van der Waals surface area contributed by atoms with Crippen LogP contribution in [0, 0.1) is 5.92 Å². The Morgan fingerprint density at radius 3 is 2.23 bits per heavy atom. The average molecular weight is 327 g/mol. The van der Waals surface area contributed by atoms with Crippen LogP contribution in [0.25, 0.3) is 0 Å². The Morgan fingerprint density at radius 2 is 1.77 bits per heavy atom. The number of benzene rings is 1. The number of hydrogen-bond donors (Lipinski definition) is 2. The summed E-state index contributed by atoms with van der Waals surface area (Å²) in [6, 6.07) is 7.88. The standard InChI is InChI=1S/C17H26N2O2.ClH/c1-12(13(2)18)16(20)19-17(10-4-5-11-17)14-6-8-15(21-3)9-7-14;/h6-9,12-13H,4-5,10-11,18H2,1-3H3,(H,19,20);1H. The second-order valence-corrected chi connectivity index (χ2v) is 6.15. The minimum Gasteiger partial charge on any atom is -0.497 e. The van der Waals surface area contributed by atoms with E-state index in [1.54, 1.807) is 7.11 Å². The summed E-state index contributed by atoms with van der Waals surface area (Å²) in [7, 11) is 1.66. The molecule has 5 heteroatoms. The lowest BCUT2D eigenvalue weighted by atomic mass is 9.87. The van der Waals surface area contributed by atoms with Crippen molar-refractivity contribution in [3.8, 4) is 5.75 Å². The zero-order valence-electron chi connectivity index (χ0n) is 13.6. The van der Waals surface area contributed by atoms with Gasteiger partial charge in [0.05, 0.1) is 12.6 Å². The van der Waals surface area contributed by atoms with E-state index in [1.165, 1.54) is 0 Å². The van der Waals surface area contributed by atoms with Crippen LogP contribution < -0.4 is 15.8 Å². The van der Waals surface area contributed by atoms with E-state index in [4.69, 9.17) is 10.5 Å². The number of rotatable bonds is 5. The molecule has 0 aliphatic heterocycles. The highest BCUT2D eigenvalue weighted by Crippen LogP contribution is 2.39. The lowest BCUT2D eigenvalue weighted by Crippen LogP contribution is -2.48. The van der Waals surface area contributed by atoms with Gasteiger partial charge in [0.1, 0.15) is 5.75 Å². The van der Waals surface area contributed by atoms with Crippen molar-refractivity contribution in [2.45, 2.75) is 51.1 Å². The Morgan fingerprint density at radius 1 is 1.23 bits per heavy atom. The summed E-state index contributed by atoms with van der Waals surface area (Å²) < 4.78 is 5.21. The van der Waals surface area contributed by atoms with E-state index >= 15 is 0 Å². The predicted molar refractivity (Wildman–Crippen MR) is 91.3 cm³/mol. The molecular formula is C17H27ClN2O2. The van der Waals surface area contributed by atoms with Crippen molar-refractivity contribution in [2.75, 3.05) is 7.11 Å². The van der Waals surface area contributed by atoms with E-state index in [9.17, 15) is 4.79 Å². The van der Waals surface area contributed by atoms with Gasteiger partial charge in [0.2, 0.25) is 5.91 Å². The molecule has 4 nitrogen and oxygen atoms in total. The highest BCUT2D eigenvalue weighted by Gasteiger charge is 2.38. The summed E-state index contributed by atoms with van der Waals surface area (Å²) in [5.41, 5.74) is 6.77. The zero-order chi connectivity index (χ0) is 15.5. The van der Waals surface area contributed by atoms with Crippen molar-refractivity contribution < 1.29 is 9.53 Å². The van der Waals surface area contributed by atoms with Crippen LogP contribution in [0.3, 0.4) is 0 Å². The molecule has 1 aliphatic carbocycles. The number of carbonyl (C=O) groups is 1. The molecule has 0 bridgehead atoms. The molecule has 0 spiro atoms. The second kappa shape index (κ2) is 7.84. The van der Waals surface area contributed by atoms with Crippen LogP contribution in [0.1, 0.15) is 45.1 Å². The molecule has 2 rings (SSSR count). The van der Waals surface area contributed by atoms with Crippen LogP contribution in [0.4, 0.5) is 0 Å². The molecular weight excluding hydrogens is 300 g/mol. The van der Waals surface area contributed by atoms with Gasteiger partial charge in [-0.1, -0.05) is 31.9 Å². The SMILES string of the molecule is COc1ccc(C2(NC(=O)C(C)C(C)N)CCCC2)cc1.Cl. The van der Waals surface area contributed by atoms with Gasteiger partial charge in [-0.2, -0.15) is 0 Å². The molecule has 2 unspecified atom stereocenters. The van der Waals surface area contributed by atoms with Crippen LogP contribution >= 0.6 is 12.4 Å². The summed E-state index contributed by atoms with van der Waals surface area (Å²) >= 11 is 0. The molecule has 22 heavy (non-hydrogen) atoms. The summed E-state index contributed by atoms with van der Waals surface area (Å²) in [5, 5.41) is 3.27. The fourth-order valence-corrected chi connectivity index (χ4v) is 2.96. The van der Waals surface area contributed by atoms with Gasteiger partial charge in [0, 0.05) is 12.0 Å². The highest BCUT2D eigenvalue weighted by atomic mass is 35.5. The van der Waals surface area contributed by atoms with E-state index in [2.05, 4.69) is 17.4 Å². The monoisotopic (exact) mass is 326 g/mol. The van der Waals surface area contributed by atoms with Crippen molar-refractivity contribution in [3.05, 3.63) is 29.8 Å². The number of halogens is 1. The molecule has 0 aromatic heterocycles. The normalized spacial score (nSPS) is 18.9. The summed E-state index contributed by atoms with van der Waals surface area (Å²) in [6.07, 6.45) is 4.24. The molecule has 1 amide bonds. The number of hydrogen-bond acceptors (Lipinski definition) is 3. The van der Waals surface area contributed by atoms with E-state index in [0.717, 1.165) is 37.0 Å². The topological polar surface area (TPSA) is 64.3 Å². The molecule has 1 aliphatic rings. The van der Waals surface area contributed by atoms with Crippen LogP contribution in [0.15, 0.2) is 24.3 Å². The molecule has 1 aromatic rings. The second-order valence-electron chi connectivity index (χ2n) is 6.15. The first-order chi connectivity index (χ1) is 9.98. The van der Waals surface area contributed by atoms with E-state index < -0.39 is 0 Å². The van der Waals surface area contributed by atoms with E-state index in [-0.39, 0.29) is 35.8 Å². The highest BCUT2D eigenvalue weighted by molar-refractivity contribution is 5.85. The predicted octanol–water partition coefficient (Wildman–Crippen LogP) is 2.99. The van der Waals surface area contributed by atoms with Crippen molar-refractivity contribution in [1.29, 1.82) is 0 Å². The summed E-state index contributed by atoms with van der Waals surface area (Å²) in [4.78, 5) is 12.4. The number of nitrogens with two attached hydrogens (primary N) is 1. The first kappa shape index (κ1) is 18.8. The third kappa shape index (κ3) is 3.93. The van der Waals surface area contributed by atoms with Crippen molar-refractivity contribution in [2.24, 2.45) is 11.7 Å². The first-order valence-electron chi connectivity index (χ1n) is 7.71. The third-order valence-corrected chi connectivity index (χ3v) is 4.66. The van der Waals surface area contributed by atoms with Crippen molar-refractivity contribution in [3.63, 3.8) is 0 Å². The lowest BCUT2D eigenvalue weighted by molar-refractivity contribution is -0.127. The Bertz CT molecular complexity index is 482. The molecule has 124 valence electrons. The van der Waals surface area contributed by atoms with Crippen molar-refractivity contribution in [1.82, 2.24) is 5.32 Å². The number of ether oxygens (including phenoxy) is 1. The van der Waals surface area contributed by atoms with Crippen LogP contribution in [0.5, 0.6) is 5.75 Å². The third-order valence-electron chi connectivity index (χ3n) is 4.66. The fraction of sp³-hybridized carbons (Fsp3) is 0.588. The van der Waals surface area contributed by atoms with Gasteiger partial charge in [-0.15, -0.1) is 12.4 Å². The van der Waals surface area contributed by atoms with Gasteiger partial charge in [0.15, 0.2) is 0 Å². The maximum atomic E-state index is 12.4. The van der Waals surface area contributed by atoms with Crippen molar-refractivity contribution >= 4 is 18.3 Å². The number of nitrogens with one attached hydrogen (secondary N) is 1. The first-order valence-corrected chi connectivity index (χ1v) is 7.71. The maximum absolute atomic E-state index is 12.4. The van der Waals surface area contributed by atoms with Crippen LogP contribution in [0.2, 0.25) is 0 Å². The largest absolute Gasteiger partial charge is 0.497 e. The Balaban J connectivity index is 0.00000242.